The van der Waals surface area contributed by atoms with Crippen LogP contribution in [0.25, 0.3) is 0 Å². The third-order valence-corrected chi connectivity index (χ3v) is 10.4. The van der Waals surface area contributed by atoms with E-state index in [2.05, 4.69) is 55.4 Å². The lowest BCUT2D eigenvalue weighted by Gasteiger charge is -2.32. The van der Waals surface area contributed by atoms with E-state index in [4.69, 9.17) is 23.4 Å². The van der Waals surface area contributed by atoms with Crippen molar-refractivity contribution in [3.63, 3.8) is 0 Å². The fourth-order valence-electron chi connectivity index (χ4n) is 7.22. The first kappa shape index (κ1) is 23.1. The van der Waals surface area contributed by atoms with Gasteiger partial charge in [0.05, 0.1) is 28.0 Å². The molecular weight excluding hydrogens is 430 g/mol. The third kappa shape index (κ3) is 2.77. The first-order valence-corrected chi connectivity index (χ1v) is 12.7. The summed E-state index contributed by atoms with van der Waals surface area (Å²) in [7, 11) is -0.758. The van der Waals surface area contributed by atoms with Gasteiger partial charge in [-0.15, -0.1) is 0 Å². The fraction of sp³-hybridized carbons (Fsp3) is 0.731. The standard InChI is InChI=1S/C26H36B2O6/c1-22(2)23(3,4)32-27(31-22)20-16-14-17-18(19(16)30-21(29)15-12-10-9-11-13-15)26(17,20)28-33-24(5,6)25(7,8)34-28/h9-13,16-20H,14H2,1-8H3. The molecule has 4 saturated carbocycles. The Hall–Kier alpha value is -1.34. The Labute approximate surface area is 203 Å². The zero-order chi connectivity index (χ0) is 24.5. The van der Waals surface area contributed by atoms with Gasteiger partial charge in [-0.3, -0.25) is 0 Å². The van der Waals surface area contributed by atoms with Crippen molar-refractivity contribution in [2.45, 2.75) is 101 Å². The minimum atomic E-state index is -0.428. The molecule has 0 aromatic heterocycles. The molecule has 8 heteroatoms. The van der Waals surface area contributed by atoms with Crippen LogP contribution in [0.2, 0.25) is 11.1 Å². The number of carbonyl (C=O) groups is 1. The molecule has 6 unspecified atom stereocenters. The maximum atomic E-state index is 13.0. The van der Waals surface area contributed by atoms with Gasteiger partial charge >= 0.3 is 20.2 Å². The summed E-state index contributed by atoms with van der Waals surface area (Å²) in [6.45, 7) is 16.7. The highest BCUT2D eigenvalue weighted by Gasteiger charge is 2.92. The van der Waals surface area contributed by atoms with Crippen LogP contribution in [-0.4, -0.2) is 48.7 Å². The molecule has 4 bridgehead atoms. The van der Waals surface area contributed by atoms with Crippen molar-refractivity contribution in [2.75, 3.05) is 0 Å². The highest BCUT2D eigenvalue weighted by Crippen LogP contribution is 2.91. The molecule has 6 nitrogen and oxygen atoms in total. The Bertz CT molecular complexity index is 989. The van der Waals surface area contributed by atoms with Gasteiger partial charge in [0.1, 0.15) is 6.10 Å². The molecule has 2 aliphatic heterocycles. The number of hydrogen-bond donors (Lipinski definition) is 0. The van der Waals surface area contributed by atoms with E-state index in [9.17, 15) is 4.79 Å². The van der Waals surface area contributed by atoms with E-state index < -0.39 is 22.4 Å². The second kappa shape index (κ2) is 6.70. The number of ether oxygens (including phenoxy) is 1. The molecule has 1 aromatic rings. The molecule has 34 heavy (non-hydrogen) atoms. The van der Waals surface area contributed by atoms with Crippen LogP contribution >= 0.6 is 0 Å². The molecule has 6 atom stereocenters. The van der Waals surface area contributed by atoms with Gasteiger partial charge in [-0.05, 0) is 85.8 Å². The van der Waals surface area contributed by atoms with Crippen molar-refractivity contribution < 1.29 is 28.1 Å². The van der Waals surface area contributed by atoms with Gasteiger partial charge in [0.15, 0.2) is 0 Å². The summed E-state index contributed by atoms with van der Waals surface area (Å²) in [4.78, 5) is 13.0. The Kier molecular flexibility index (Phi) is 4.55. The lowest BCUT2D eigenvalue weighted by atomic mass is 9.50. The smallest absolute Gasteiger partial charge is 0.458 e. The largest absolute Gasteiger partial charge is 0.465 e. The van der Waals surface area contributed by atoms with Crippen molar-refractivity contribution >= 4 is 20.2 Å². The number of rotatable bonds is 4. The van der Waals surface area contributed by atoms with Gasteiger partial charge < -0.3 is 23.4 Å². The molecule has 1 aromatic carbocycles. The third-order valence-electron chi connectivity index (χ3n) is 10.4. The van der Waals surface area contributed by atoms with Crippen LogP contribution in [0.15, 0.2) is 30.3 Å². The number of carbonyl (C=O) groups excluding carboxylic acids is 1. The monoisotopic (exact) mass is 466 g/mol. The number of hydrogen-bond acceptors (Lipinski definition) is 6. The Balaban J connectivity index is 1.35. The lowest BCUT2D eigenvalue weighted by Crippen LogP contribution is -2.41. The molecule has 6 aliphatic rings. The van der Waals surface area contributed by atoms with E-state index in [1.54, 1.807) is 0 Å². The van der Waals surface area contributed by atoms with Crippen molar-refractivity contribution in [2.24, 2.45) is 17.8 Å². The summed E-state index contributed by atoms with van der Waals surface area (Å²) < 4.78 is 32.7. The molecule has 0 amide bonds. The molecule has 7 rings (SSSR count). The van der Waals surface area contributed by atoms with Gasteiger partial charge in [0, 0.05) is 17.0 Å². The second-order valence-corrected chi connectivity index (χ2v) is 13.0. The highest BCUT2D eigenvalue weighted by atomic mass is 16.7. The molecule has 0 spiro atoms. The number of benzene rings is 1. The minimum absolute atomic E-state index is 0.0480. The highest BCUT2D eigenvalue weighted by molar-refractivity contribution is 6.59. The predicted molar refractivity (Wildman–Crippen MR) is 129 cm³/mol. The van der Waals surface area contributed by atoms with Crippen molar-refractivity contribution in [1.29, 1.82) is 0 Å². The van der Waals surface area contributed by atoms with E-state index in [-0.39, 0.29) is 49.3 Å². The Morgan fingerprint density at radius 2 is 1.38 bits per heavy atom. The van der Waals surface area contributed by atoms with Crippen LogP contribution in [0.1, 0.15) is 72.2 Å². The van der Waals surface area contributed by atoms with Crippen LogP contribution < -0.4 is 0 Å². The van der Waals surface area contributed by atoms with Gasteiger partial charge in [0.2, 0.25) is 0 Å². The first-order valence-electron chi connectivity index (χ1n) is 12.7. The minimum Gasteiger partial charge on any atom is -0.458 e. The average Bonchev–Trinajstić information content (AvgIpc) is 3.09. The van der Waals surface area contributed by atoms with Gasteiger partial charge in [0.25, 0.3) is 0 Å². The van der Waals surface area contributed by atoms with E-state index in [0.717, 1.165) is 6.42 Å². The van der Waals surface area contributed by atoms with E-state index in [1.807, 2.05) is 30.3 Å². The van der Waals surface area contributed by atoms with Crippen LogP contribution in [0.4, 0.5) is 0 Å². The summed E-state index contributed by atoms with van der Waals surface area (Å²) in [6, 6.07) is 9.25. The van der Waals surface area contributed by atoms with Crippen molar-refractivity contribution in [3.8, 4) is 0 Å². The van der Waals surface area contributed by atoms with E-state index in [1.165, 1.54) is 0 Å². The van der Waals surface area contributed by atoms with Crippen LogP contribution in [0.3, 0.4) is 0 Å². The van der Waals surface area contributed by atoms with Crippen LogP contribution in [-0.2, 0) is 23.4 Å². The normalized spacial score (nSPS) is 41.7. The summed E-state index contributed by atoms with van der Waals surface area (Å²) in [5.74, 6) is 0.525. The Morgan fingerprint density at radius 3 is 1.94 bits per heavy atom. The van der Waals surface area contributed by atoms with Gasteiger partial charge in [-0.1, -0.05) is 18.2 Å². The molecule has 0 radical (unpaired) electrons. The van der Waals surface area contributed by atoms with E-state index in [0.29, 0.717) is 11.5 Å². The maximum absolute atomic E-state index is 13.0. The quantitative estimate of drug-likeness (QED) is 0.470. The Morgan fingerprint density at radius 1 is 0.853 bits per heavy atom. The average molecular weight is 466 g/mol. The molecule has 6 fully saturated rings. The van der Waals surface area contributed by atoms with Crippen molar-refractivity contribution in [1.82, 2.24) is 0 Å². The zero-order valence-corrected chi connectivity index (χ0v) is 21.6. The topological polar surface area (TPSA) is 63.2 Å². The molecule has 2 heterocycles. The van der Waals surface area contributed by atoms with Crippen LogP contribution in [0.5, 0.6) is 0 Å². The maximum Gasteiger partial charge on any atom is 0.465 e. The summed E-state index contributed by atoms with van der Waals surface area (Å²) >= 11 is 0. The number of esters is 1. The van der Waals surface area contributed by atoms with Gasteiger partial charge in [-0.25, -0.2) is 4.79 Å². The van der Waals surface area contributed by atoms with E-state index >= 15 is 0 Å². The zero-order valence-electron chi connectivity index (χ0n) is 21.6. The second-order valence-electron chi connectivity index (χ2n) is 13.0. The van der Waals surface area contributed by atoms with Crippen molar-refractivity contribution in [3.05, 3.63) is 35.9 Å². The molecule has 4 aliphatic carbocycles. The summed E-state index contributed by atoms with van der Waals surface area (Å²) in [5.41, 5.74) is -1.13. The first-order chi connectivity index (χ1) is 15.7. The lowest BCUT2D eigenvalue weighted by molar-refractivity contribution is 0.00578. The molecular formula is C26H36B2O6. The molecule has 182 valence electrons. The molecule has 0 N–H and O–H groups in total. The predicted octanol–water partition coefficient (Wildman–Crippen LogP) is 4.79. The van der Waals surface area contributed by atoms with Crippen LogP contribution in [0, 0.1) is 17.8 Å². The summed E-state index contributed by atoms with van der Waals surface area (Å²) in [5, 5.41) is -0.265. The summed E-state index contributed by atoms with van der Waals surface area (Å²) in [6.07, 6.45) is 0.803. The SMILES string of the molecule is CC1(C)OB(C2C3CC4C(C3OC(=O)c3ccccc3)C42B2OC(C)(C)C(C)(C)O2)OC1(C)C. The fourth-order valence-corrected chi connectivity index (χ4v) is 7.22. The van der Waals surface area contributed by atoms with Gasteiger partial charge in [-0.2, -0.15) is 0 Å². The molecule has 2 saturated heterocycles.